The summed E-state index contributed by atoms with van der Waals surface area (Å²) < 4.78 is 32.1. The summed E-state index contributed by atoms with van der Waals surface area (Å²) in [4.78, 5) is 12.7. The van der Waals surface area contributed by atoms with Crippen LogP contribution in [0.5, 0.6) is 0 Å². The van der Waals surface area contributed by atoms with E-state index in [2.05, 4.69) is 34.6 Å². The van der Waals surface area contributed by atoms with Crippen LogP contribution >= 0.6 is 0 Å². The van der Waals surface area contributed by atoms with Gasteiger partial charge in [0.25, 0.3) is 0 Å². The molecule has 0 aromatic heterocycles. The lowest BCUT2D eigenvalue weighted by Crippen LogP contribution is -2.53. The summed E-state index contributed by atoms with van der Waals surface area (Å²) in [6.45, 7) is 11.8. The number of hydrogen-bond donors (Lipinski definition) is 0. The van der Waals surface area contributed by atoms with Crippen LogP contribution in [0.2, 0.25) is 0 Å². The van der Waals surface area contributed by atoms with Gasteiger partial charge in [0.15, 0.2) is 0 Å². The van der Waals surface area contributed by atoms with Crippen molar-refractivity contribution >= 4 is 5.78 Å². The van der Waals surface area contributed by atoms with E-state index in [-0.39, 0.29) is 11.8 Å². The van der Waals surface area contributed by atoms with Gasteiger partial charge in [-0.2, -0.15) is 0 Å². The summed E-state index contributed by atoms with van der Waals surface area (Å²) in [5, 5.41) is 0. The molecule has 0 aliphatic heterocycles. The second kappa shape index (κ2) is 8.53. The molecule has 4 fully saturated rings. The van der Waals surface area contributed by atoms with Crippen molar-refractivity contribution in [2.75, 3.05) is 7.11 Å². The van der Waals surface area contributed by atoms with Crippen molar-refractivity contribution in [2.45, 2.75) is 111 Å². The number of Topliss-reactive ketones (excluding diaryl/α,β-unsaturated/α-hetero) is 1. The van der Waals surface area contributed by atoms with E-state index >= 15 is 0 Å². The predicted octanol–water partition coefficient (Wildman–Crippen LogP) is 7.30. The summed E-state index contributed by atoms with van der Waals surface area (Å²) in [7, 11) is 1.74. The molecule has 0 amide bonds. The molecule has 0 heterocycles. The number of carbonyl (C=O) groups excluding carboxylic acids is 1. The van der Waals surface area contributed by atoms with Gasteiger partial charge in [0.2, 0.25) is 0 Å². The van der Waals surface area contributed by atoms with Gasteiger partial charge in [-0.1, -0.05) is 47.0 Å². The minimum absolute atomic E-state index is 0.320. The van der Waals surface area contributed by atoms with Crippen molar-refractivity contribution in [1.29, 1.82) is 0 Å². The molecule has 0 N–H and O–H groups in total. The molecule has 4 rings (SSSR count). The fourth-order valence-electron chi connectivity index (χ4n) is 8.75. The maximum atomic E-state index is 12.7. The predicted molar refractivity (Wildman–Crippen MR) is 124 cm³/mol. The topological polar surface area (TPSA) is 26.3 Å². The summed E-state index contributed by atoms with van der Waals surface area (Å²) in [5.74, 6) is 2.58. The number of hydrogen-bond acceptors (Lipinski definition) is 2. The summed E-state index contributed by atoms with van der Waals surface area (Å²) in [6.07, 6.45) is 7.71. The van der Waals surface area contributed by atoms with Gasteiger partial charge < -0.3 is 4.74 Å². The van der Waals surface area contributed by atoms with Crippen molar-refractivity contribution in [3.63, 3.8) is 0 Å². The maximum absolute atomic E-state index is 12.7. The molecule has 2 nitrogen and oxygen atoms in total. The second-order valence-electron chi connectivity index (χ2n) is 12.2. The van der Waals surface area contributed by atoms with E-state index in [0.29, 0.717) is 23.2 Å². The highest BCUT2D eigenvalue weighted by molar-refractivity contribution is 5.81. The Balaban J connectivity index is 1.59. The Morgan fingerprint density at radius 2 is 1.80 bits per heavy atom. The van der Waals surface area contributed by atoms with Crippen LogP contribution in [0, 0.1) is 52.8 Å². The molecule has 10 atom stereocenters. The monoisotopic (exact) mass is 419 g/mol. The van der Waals surface area contributed by atoms with Crippen molar-refractivity contribution < 1.29 is 13.6 Å². The van der Waals surface area contributed by atoms with Crippen LogP contribution in [0.3, 0.4) is 0 Å². The zero-order valence-electron chi connectivity index (χ0n) is 23.4. The average Bonchev–Trinajstić information content (AvgIpc) is 3.13. The van der Waals surface area contributed by atoms with Gasteiger partial charge in [-0.05, 0) is 98.2 Å². The van der Waals surface area contributed by atoms with E-state index in [4.69, 9.17) is 8.85 Å². The lowest BCUT2D eigenvalue weighted by Gasteiger charge is -2.54. The van der Waals surface area contributed by atoms with Gasteiger partial charge in [0.05, 0.1) is 5.60 Å². The molecule has 0 aromatic rings. The first-order valence-electron chi connectivity index (χ1n) is 14.5. The third-order valence-electron chi connectivity index (χ3n) is 10.4. The number of carbonyl (C=O) groups is 1. The zero-order chi connectivity index (χ0) is 24.3. The average molecular weight is 420 g/mol. The van der Waals surface area contributed by atoms with E-state index in [1.54, 1.807) is 7.11 Å². The first-order valence-corrected chi connectivity index (χ1v) is 12.9. The molecule has 4 aliphatic carbocycles. The van der Waals surface area contributed by atoms with Crippen LogP contribution in [0.15, 0.2) is 0 Å². The third-order valence-corrected chi connectivity index (χ3v) is 10.4. The summed E-state index contributed by atoms with van der Waals surface area (Å²) >= 11 is 0. The number of ether oxygens (including phenoxy) is 1. The molecule has 0 unspecified atom stereocenters. The molecule has 30 heavy (non-hydrogen) atoms. The molecule has 4 aliphatic rings. The highest BCUT2D eigenvalue weighted by Gasteiger charge is 2.61. The SMILES string of the molecule is [2H][C@@H]1C(=O)C([2H])([2H])[C@H]2CC[C@H]3[C@@H]4CC[C@H]([C@H](C)CCCC(C)C)[C@@]4(C)CC[C@@H]3[C@](C)(OC)[C@@H]12. The van der Waals surface area contributed by atoms with Crippen LogP contribution in [-0.2, 0) is 9.53 Å². The Morgan fingerprint density at radius 3 is 2.50 bits per heavy atom. The molecule has 2 heteroatoms. The highest BCUT2D eigenvalue weighted by Crippen LogP contribution is 2.66. The van der Waals surface area contributed by atoms with E-state index in [9.17, 15) is 4.79 Å². The lowest BCUT2D eigenvalue weighted by atomic mass is 9.53. The number of ketones is 1. The van der Waals surface area contributed by atoms with Gasteiger partial charge in [0, 0.05) is 24.0 Å². The molecule has 172 valence electrons. The first-order chi connectivity index (χ1) is 15.4. The van der Waals surface area contributed by atoms with Crippen LogP contribution in [0.4, 0.5) is 0 Å². The second-order valence-corrected chi connectivity index (χ2v) is 12.2. The minimum Gasteiger partial charge on any atom is -0.378 e. The third kappa shape index (κ3) is 3.71. The van der Waals surface area contributed by atoms with E-state index in [1.807, 2.05) is 0 Å². The minimum atomic E-state index is -1.89. The van der Waals surface area contributed by atoms with Crippen molar-refractivity contribution in [3.8, 4) is 0 Å². The van der Waals surface area contributed by atoms with Crippen LogP contribution in [-0.4, -0.2) is 18.5 Å². The number of methoxy groups -OCH3 is 1. The number of fused-ring (bicyclic) bond motifs is 4. The summed E-state index contributed by atoms with van der Waals surface area (Å²) in [6, 6.07) is 0. The highest BCUT2D eigenvalue weighted by atomic mass is 16.5. The van der Waals surface area contributed by atoms with E-state index in [1.165, 1.54) is 38.5 Å². The van der Waals surface area contributed by atoms with Gasteiger partial charge in [0.1, 0.15) is 5.78 Å². The Hall–Kier alpha value is -0.370. The fourth-order valence-corrected chi connectivity index (χ4v) is 8.75. The molecular weight excluding hydrogens is 368 g/mol. The lowest BCUT2D eigenvalue weighted by molar-refractivity contribution is -0.142. The van der Waals surface area contributed by atoms with Gasteiger partial charge in [-0.3, -0.25) is 4.79 Å². The quantitative estimate of drug-likeness (QED) is 0.451. The Morgan fingerprint density at radius 1 is 1.03 bits per heavy atom. The molecule has 0 spiro atoms. The summed E-state index contributed by atoms with van der Waals surface area (Å²) in [5.41, 5.74) is -0.234. The molecular formula is C28H48O2. The van der Waals surface area contributed by atoms with E-state index in [0.717, 1.165) is 37.0 Å². The van der Waals surface area contributed by atoms with Gasteiger partial charge in [-0.15, -0.1) is 0 Å². The molecule has 0 radical (unpaired) electrons. The van der Waals surface area contributed by atoms with Gasteiger partial charge in [-0.25, -0.2) is 0 Å². The van der Waals surface area contributed by atoms with E-state index < -0.39 is 24.2 Å². The Kier molecular flexibility index (Phi) is 5.44. The molecule has 0 bridgehead atoms. The van der Waals surface area contributed by atoms with Crippen molar-refractivity contribution in [2.24, 2.45) is 52.8 Å². The molecule has 0 saturated heterocycles. The number of rotatable bonds is 6. The largest absolute Gasteiger partial charge is 0.378 e. The first kappa shape index (κ1) is 19.1. The van der Waals surface area contributed by atoms with Crippen LogP contribution in [0.25, 0.3) is 0 Å². The molecule has 0 aromatic carbocycles. The molecule has 4 saturated carbocycles. The Bertz CT molecular complexity index is 739. The smallest absolute Gasteiger partial charge is 0.133 e. The van der Waals surface area contributed by atoms with Crippen LogP contribution < -0.4 is 0 Å². The zero-order valence-corrected chi connectivity index (χ0v) is 20.4. The van der Waals surface area contributed by atoms with Crippen molar-refractivity contribution in [3.05, 3.63) is 0 Å². The maximum Gasteiger partial charge on any atom is 0.133 e. The standard InChI is InChI=1S/C28H48O2/c1-18(2)8-7-9-19(3)23-12-13-24-22-11-10-20-16-21(29)17-26(20)28(5,30-6)25(22)14-15-27(23,24)4/h18-20,22-26H,7-17H2,1-6H3/t19-,20-,22+,23-,24+,25+,26+,27-,28+/m1/s1/i16D2,17D/t17-,19-,20-,22+,23-,24+,25+,26+,27-,28+. The Labute approximate surface area is 190 Å². The van der Waals surface area contributed by atoms with Gasteiger partial charge >= 0.3 is 0 Å². The normalized spacial score (nSPS) is 52.6. The van der Waals surface area contributed by atoms with Crippen LogP contribution in [0.1, 0.15) is 109 Å². The van der Waals surface area contributed by atoms with Crippen molar-refractivity contribution in [1.82, 2.24) is 0 Å². The fraction of sp³-hybridized carbons (Fsp3) is 0.964.